The fourth-order valence-corrected chi connectivity index (χ4v) is 3.06. The SMILES string of the molecule is Cc1c(Cl)cccc1NC(=S)N(CCC[NH+](C)C)Cc1ccccc1. The number of rotatable bonds is 7. The second-order valence-corrected chi connectivity index (χ2v) is 7.35. The molecule has 2 rings (SSSR count). The van der Waals surface area contributed by atoms with Crippen molar-refractivity contribution in [3.05, 3.63) is 64.7 Å². The maximum absolute atomic E-state index is 6.23. The van der Waals surface area contributed by atoms with Gasteiger partial charge in [-0.1, -0.05) is 48.0 Å². The summed E-state index contributed by atoms with van der Waals surface area (Å²) in [6, 6.07) is 16.3. The van der Waals surface area contributed by atoms with Gasteiger partial charge in [-0.05, 0) is 42.4 Å². The van der Waals surface area contributed by atoms with E-state index in [9.17, 15) is 0 Å². The lowest BCUT2D eigenvalue weighted by molar-refractivity contribution is -0.858. The first kappa shape index (κ1) is 19.7. The highest BCUT2D eigenvalue weighted by Crippen LogP contribution is 2.23. The Hall–Kier alpha value is -1.62. The summed E-state index contributed by atoms with van der Waals surface area (Å²) < 4.78 is 0. The molecule has 0 aliphatic carbocycles. The van der Waals surface area contributed by atoms with E-state index in [-0.39, 0.29) is 0 Å². The summed E-state index contributed by atoms with van der Waals surface area (Å²) in [5.74, 6) is 0. The third kappa shape index (κ3) is 6.31. The molecule has 0 saturated heterocycles. The van der Waals surface area contributed by atoms with Crippen molar-refractivity contribution in [1.29, 1.82) is 0 Å². The first-order valence-electron chi connectivity index (χ1n) is 8.61. The lowest BCUT2D eigenvalue weighted by Gasteiger charge is -2.27. The summed E-state index contributed by atoms with van der Waals surface area (Å²) in [4.78, 5) is 3.68. The number of nitrogens with zero attached hydrogens (tertiary/aromatic N) is 1. The molecule has 0 unspecified atom stereocenters. The van der Waals surface area contributed by atoms with Gasteiger partial charge in [-0.15, -0.1) is 0 Å². The van der Waals surface area contributed by atoms with Gasteiger partial charge >= 0.3 is 0 Å². The van der Waals surface area contributed by atoms with Crippen LogP contribution >= 0.6 is 23.8 Å². The normalized spacial score (nSPS) is 10.8. The molecule has 0 spiro atoms. The minimum Gasteiger partial charge on any atom is -0.344 e. The number of anilines is 1. The van der Waals surface area contributed by atoms with E-state index in [4.69, 9.17) is 23.8 Å². The average molecular weight is 377 g/mol. The van der Waals surface area contributed by atoms with Crippen LogP contribution in [0.4, 0.5) is 5.69 Å². The standard InChI is InChI=1S/C20H26ClN3S/c1-16-18(21)11-7-12-19(16)22-20(25)24(14-8-13-23(2)3)15-17-9-5-4-6-10-17/h4-7,9-12H,8,13-15H2,1-3H3,(H,22,25)/p+1. The largest absolute Gasteiger partial charge is 0.344 e. The minimum atomic E-state index is 0.739. The number of halogens is 1. The van der Waals surface area contributed by atoms with E-state index in [0.29, 0.717) is 0 Å². The molecule has 0 atom stereocenters. The Kier molecular flexibility index (Phi) is 7.69. The van der Waals surface area contributed by atoms with Crippen molar-refractivity contribution < 1.29 is 4.90 Å². The van der Waals surface area contributed by atoms with E-state index >= 15 is 0 Å². The van der Waals surface area contributed by atoms with Crippen LogP contribution < -0.4 is 10.2 Å². The fourth-order valence-electron chi connectivity index (χ4n) is 2.62. The molecule has 2 aromatic carbocycles. The molecule has 2 aromatic rings. The molecule has 134 valence electrons. The van der Waals surface area contributed by atoms with Crippen molar-refractivity contribution in [2.75, 3.05) is 32.5 Å². The Morgan fingerprint density at radius 2 is 1.84 bits per heavy atom. The smallest absolute Gasteiger partial charge is 0.173 e. The number of hydrogen-bond acceptors (Lipinski definition) is 1. The Morgan fingerprint density at radius 3 is 2.52 bits per heavy atom. The molecule has 3 nitrogen and oxygen atoms in total. The van der Waals surface area contributed by atoms with Gasteiger partial charge in [-0.25, -0.2) is 0 Å². The molecule has 0 saturated carbocycles. The molecule has 0 radical (unpaired) electrons. The summed E-state index contributed by atoms with van der Waals surface area (Å²) in [5.41, 5.74) is 3.24. The van der Waals surface area contributed by atoms with E-state index in [1.807, 2.05) is 31.2 Å². The highest BCUT2D eigenvalue weighted by Gasteiger charge is 2.13. The molecular formula is C20H27ClN3S+. The van der Waals surface area contributed by atoms with Crippen LogP contribution in [0.1, 0.15) is 17.5 Å². The van der Waals surface area contributed by atoms with Gasteiger partial charge in [0.15, 0.2) is 5.11 Å². The zero-order chi connectivity index (χ0) is 18.2. The summed E-state index contributed by atoms with van der Waals surface area (Å²) >= 11 is 11.9. The second kappa shape index (κ2) is 9.76. The molecule has 0 amide bonds. The van der Waals surface area contributed by atoms with Crippen LogP contribution in [0.25, 0.3) is 0 Å². The van der Waals surface area contributed by atoms with Crippen LogP contribution in [0.15, 0.2) is 48.5 Å². The van der Waals surface area contributed by atoms with E-state index in [1.54, 1.807) is 0 Å². The fraction of sp³-hybridized carbons (Fsp3) is 0.350. The minimum absolute atomic E-state index is 0.739. The predicted molar refractivity (Wildman–Crippen MR) is 112 cm³/mol. The van der Waals surface area contributed by atoms with Crippen molar-refractivity contribution in [2.24, 2.45) is 0 Å². The van der Waals surface area contributed by atoms with Crippen LogP contribution in [0.2, 0.25) is 5.02 Å². The summed E-state index contributed by atoms with van der Waals surface area (Å²) in [7, 11) is 4.35. The summed E-state index contributed by atoms with van der Waals surface area (Å²) in [6.07, 6.45) is 1.09. The first-order valence-corrected chi connectivity index (χ1v) is 9.40. The van der Waals surface area contributed by atoms with E-state index in [1.165, 1.54) is 10.5 Å². The Labute approximate surface area is 161 Å². The van der Waals surface area contributed by atoms with Gasteiger partial charge in [0.05, 0.1) is 20.6 Å². The van der Waals surface area contributed by atoms with Crippen molar-refractivity contribution in [3.63, 3.8) is 0 Å². The third-order valence-corrected chi connectivity index (χ3v) is 4.89. The van der Waals surface area contributed by atoms with Gasteiger partial charge in [-0.2, -0.15) is 0 Å². The van der Waals surface area contributed by atoms with E-state index in [0.717, 1.165) is 47.4 Å². The van der Waals surface area contributed by atoms with Crippen LogP contribution in [0.5, 0.6) is 0 Å². The Bertz CT molecular complexity index is 689. The maximum atomic E-state index is 6.23. The molecule has 0 aliphatic rings. The maximum Gasteiger partial charge on any atom is 0.173 e. The van der Waals surface area contributed by atoms with Gasteiger partial charge in [0.1, 0.15) is 0 Å². The molecule has 25 heavy (non-hydrogen) atoms. The van der Waals surface area contributed by atoms with Crippen molar-refractivity contribution in [2.45, 2.75) is 19.9 Å². The summed E-state index contributed by atoms with van der Waals surface area (Å²) in [5, 5.41) is 4.86. The average Bonchev–Trinajstić information content (AvgIpc) is 2.58. The van der Waals surface area contributed by atoms with E-state index in [2.05, 4.69) is 48.6 Å². The second-order valence-electron chi connectivity index (χ2n) is 6.56. The van der Waals surface area contributed by atoms with Gasteiger partial charge < -0.3 is 15.1 Å². The number of hydrogen-bond donors (Lipinski definition) is 2. The monoisotopic (exact) mass is 376 g/mol. The zero-order valence-electron chi connectivity index (χ0n) is 15.2. The topological polar surface area (TPSA) is 19.7 Å². The lowest BCUT2D eigenvalue weighted by atomic mass is 10.2. The predicted octanol–water partition coefficient (Wildman–Crippen LogP) is 3.38. The number of benzene rings is 2. The zero-order valence-corrected chi connectivity index (χ0v) is 16.8. The molecule has 0 fully saturated rings. The van der Waals surface area contributed by atoms with Crippen molar-refractivity contribution in [3.8, 4) is 0 Å². The number of thiocarbonyl (C=S) groups is 1. The van der Waals surface area contributed by atoms with Crippen LogP contribution in [0.3, 0.4) is 0 Å². The quantitative estimate of drug-likeness (QED) is 0.723. The van der Waals surface area contributed by atoms with Gasteiger partial charge in [0.25, 0.3) is 0 Å². The summed E-state index contributed by atoms with van der Waals surface area (Å²) in [6.45, 7) is 4.84. The Morgan fingerprint density at radius 1 is 1.12 bits per heavy atom. The highest BCUT2D eigenvalue weighted by molar-refractivity contribution is 7.80. The molecule has 0 aromatic heterocycles. The molecule has 0 heterocycles. The molecule has 5 heteroatoms. The number of quaternary nitrogens is 1. The third-order valence-electron chi connectivity index (χ3n) is 4.12. The van der Waals surface area contributed by atoms with Crippen molar-refractivity contribution in [1.82, 2.24) is 4.90 Å². The Balaban J connectivity index is 2.09. The van der Waals surface area contributed by atoms with E-state index < -0.39 is 0 Å². The molecular weight excluding hydrogens is 350 g/mol. The first-order chi connectivity index (χ1) is 12.0. The lowest BCUT2D eigenvalue weighted by Crippen LogP contribution is -3.05. The van der Waals surface area contributed by atoms with Gasteiger partial charge in [0.2, 0.25) is 0 Å². The highest BCUT2D eigenvalue weighted by atomic mass is 35.5. The molecule has 0 aliphatic heterocycles. The van der Waals surface area contributed by atoms with Crippen molar-refractivity contribution >= 4 is 34.6 Å². The van der Waals surface area contributed by atoms with Gasteiger partial charge in [0, 0.05) is 30.2 Å². The number of nitrogens with one attached hydrogen (secondary N) is 2. The molecule has 0 bridgehead atoms. The molecule has 2 N–H and O–H groups in total. The van der Waals surface area contributed by atoms with Gasteiger partial charge in [-0.3, -0.25) is 0 Å². The van der Waals surface area contributed by atoms with Crippen LogP contribution in [-0.2, 0) is 6.54 Å². The van der Waals surface area contributed by atoms with Crippen LogP contribution in [-0.4, -0.2) is 37.2 Å². The van der Waals surface area contributed by atoms with Crippen LogP contribution in [0, 0.1) is 6.92 Å².